The zero-order chi connectivity index (χ0) is 20.1. The third-order valence-electron chi connectivity index (χ3n) is 4.65. The van der Waals surface area contributed by atoms with E-state index in [9.17, 15) is 17.2 Å². The number of thioether (sulfide) groups is 1. The van der Waals surface area contributed by atoms with Crippen LogP contribution in [0.4, 0.5) is 14.5 Å². The number of anilines is 1. The van der Waals surface area contributed by atoms with Gasteiger partial charge in [-0.15, -0.1) is 0 Å². The highest BCUT2D eigenvalue weighted by Crippen LogP contribution is 2.38. The number of fused-ring (bicyclic) bond motifs is 1. The molecule has 2 aromatic carbocycles. The molecule has 0 N–H and O–H groups in total. The SMILES string of the molecule is O=S1(=O)C[C@@H]2N=C(SCc3ccc(F)cc3Cl)N(c3ccc(Br)cc3F)[C@H]2C1. The Kier molecular flexibility index (Phi) is 5.45. The second kappa shape index (κ2) is 7.59. The molecule has 28 heavy (non-hydrogen) atoms. The fraction of sp³-hybridized carbons (Fsp3) is 0.278. The van der Waals surface area contributed by atoms with E-state index in [0.717, 1.165) is 5.56 Å². The molecule has 2 aromatic rings. The van der Waals surface area contributed by atoms with Gasteiger partial charge >= 0.3 is 0 Å². The van der Waals surface area contributed by atoms with Crippen LogP contribution in [0.5, 0.6) is 0 Å². The molecular formula is C18H14BrClF2N2O2S2. The molecule has 0 aliphatic carbocycles. The summed E-state index contributed by atoms with van der Waals surface area (Å²) in [6, 6.07) is 7.93. The van der Waals surface area contributed by atoms with Gasteiger partial charge in [0, 0.05) is 15.2 Å². The van der Waals surface area contributed by atoms with Gasteiger partial charge in [-0.25, -0.2) is 17.2 Å². The van der Waals surface area contributed by atoms with Crippen LogP contribution in [0.3, 0.4) is 0 Å². The third-order valence-corrected chi connectivity index (χ3v) is 8.21. The predicted octanol–water partition coefficient (Wildman–Crippen LogP) is 4.66. The molecule has 0 amide bonds. The number of amidine groups is 1. The topological polar surface area (TPSA) is 49.7 Å². The van der Waals surface area contributed by atoms with E-state index in [1.165, 1.54) is 30.0 Å². The molecule has 10 heteroatoms. The van der Waals surface area contributed by atoms with Crippen molar-refractivity contribution < 1.29 is 17.2 Å². The number of aliphatic imine (C=N–C) groups is 1. The van der Waals surface area contributed by atoms with Gasteiger partial charge in [0.15, 0.2) is 15.0 Å². The number of halogens is 4. The van der Waals surface area contributed by atoms with Crippen molar-refractivity contribution in [2.24, 2.45) is 4.99 Å². The summed E-state index contributed by atoms with van der Waals surface area (Å²) in [6.45, 7) is 0. The molecule has 2 aliphatic rings. The van der Waals surface area contributed by atoms with E-state index >= 15 is 0 Å². The van der Waals surface area contributed by atoms with Crippen LogP contribution < -0.4 is 4.90 Å². The van der Waals surface area contributed by atoms with E-state index < -0.39 is 33.6 Å². The van der Waals surface area contributed by atoms with E-state index in [-0.39, 0.29) is 17.2 Å². The van der Waals surface area contributed by atoms with Crippen LogP contribution in [0.25, 0.3) is 0 Å². The molecule has 1 fully saturated rings. The summed E-state index contributed by atoms with van der Waals surface area (Å²) < 4.78 is 52.6. The molecule has 0 unspecified atom stereocenters. The first-order chi connectivity index (χ1) is 13.2. The molecule has 0 bridgehead atoms. The maximum Gasteiger partial charge on any atom is 0.164 e. The van der Waals surface area contributed by atoms with Crippen LogP contribution in [0.1, 0.15) is 5.56 Å². The maximum atomic E-state index is 14.6. The normalized spacial score (nSPS) is 23.0. The van der Waals surface area contributed by atoms with Gasteiger partial charge in [-0.1, -0.05) is 45.4 Å². The number of sulfone groups is 1. The van der Waals surface area contributed by atoms with Crippen molar-refractivity contribution in [1.29, 1.82) is 0 Å². The minimum Gasteiger partial charge on any atom is -0.312 e. The first-order valence-electron chi connectivity index (χ1n) is 8.33. The molecule has 0 aromatic heterocycles. The van der Waals surface area contributed by atoms with Crippen LogP contribution in [-0.2, 0) is 15.6 Å². The summed E-state index contributed by atoms with van der Waals surface area (Å²) >= 11 is 10.7. The van der Waals surface area contributed by atoms with Crippen LogP contribution >= 0.6 is 39.3 Å². The monoisotopic (exact) mass is 506 g/mol. The molecule has 1 saturated heterocycles. The van der Waals surface area contributed by atoms with Crippen molar-refractivity contribution >= 4 is 60.0 Å². The summed E-state index contributed by atoms with van der Waals surface area (Å²) in [4.78, 5) is 6.23. The number of hydrogen-bond donors (Lipinski definition) is 0. The average Bonchev–Trinajstić information content (AvgIpc) is 3.06. The van der Waals surface area contributed by atoms with Crippen LogP contribution in [0, 0.1) is 11.6 Å². The highest BCUT2D eigenvalue weighted by Gasteiger charge is 2.47. The lowest BCUT2D eigenvalue weighted by Gasteiger charge is -2.27. The van der Waals surface area contributed by atoms with Crippen LogP contribution in [-0.4, -0.2) is 37.2 Å². The highest BCUT2D eigenvalue weighted by atomic mass is 79.9. The molecule has 148 valence electrons. The second-order valence-corrected chi connectivity index (χ2v) is 11.0. The molecule has 4 rings (SSSR count). The number of nitrogens with zero attached hydrogens (tertiary/aromatic N) is 2. The number of rotatable bonds is 3. The standard InChI is InChI=1S/C18H14BrClF2N2O2S2/c19-11-2-4-16(14(22)5-11)24-17-9-28(25,26)8-15(17)23-18(24)27-7-10-1-3-12(21)6-13(10)20/h1-6,15,17H,7-9H2/t15-,17-/m0/s1. The summed E-state index contributed by atoms with van der Waals surface area (Å²) in [6.07, 6.45) is 0. The number of hydrogen-bond acceptors (Lipinski definition) is 5. The zero-order valence-corrected chi connectivity index (χ0v) is 18.3. The molecular weight excluding hydrogens is 494 g/mol. The Bertz CT molecular complexity index is 1080. The largest absolute Gasteiger partial charge is 0.312 e. The average molecular weight is 508 g/mol. The van der Waals surface area contributed by atoms with Crippen molar-refractivity contribution in [2.75, 3.05) is 16.4 Å². The van der Waals surface area contributed by atoms with Crippen LogP contribution in [0.15, 0.2) is 45.9 Å². The predicted molar refractivity (Wildman–Crippen MR) is 113 cm³/mol. The lowest BCUT2D eigenvalue weighted by Crippen LogP contribution is -2.39. The van der Waals surface area contributed by atoms with Crippen molar-refractivity contribution in [3.05, 3.63) is 63.1 Å². The maximum absolute atomic E-state index is 14.6. The van der Waals surface area contributed by atoms with Gasteiger partial charge in [0.2, 0.25) is 0 Å². The van der Waals surface area contributed by atoms with Crippen molar-refractivity contribution in [3.63, 3.8) is 0 Å². The molecule has 2 aliphatic heterocycles. The Morgan fingerprint density at radius 2 is 2.00 bits per heavy atom. The first-order valence-corrected chi connectivity index (χ1v) is 12.3. The Labute approximate surface area is 179 Å². The first kappa shape index (κ1) is 20.1. The Morgan fingerprint density at radius 1 is 1.21 bits per heavy atom. The van der Waals surface area contributed by atoms with E-state index in [1.807, 2.05) is 0 Å². The van der Waals surface area contributed by atoms with E-state index in [4.69, 9.17) is 11.6 Å². The fourth-order valence-electron chi connectivity index (χ4n) is 3.37. The van der Waals surface area contributed by atoms with Crippen molar-refractivity contribution in [2.45, 2.75) is 17.8 Å². The second-order valence-electron chi connectivity index (χ2n) is 6.61. The summed E-state index contributed by atoms with van der Waals surface area (Å²) in [5.74, 6) is -0.604. The minimum atomic E-state index is -3.22. The lowest BCUT2D eigenvalue weighted by atomic mass is 10.1. The van der Waals surface area contributed by atoms with Gasteiger partial charge in [0.1, 0.15) is 11.6 Å². The van der Waals surface area contributed by atoms with Crippen molar-refractivity contribution in [3.8, 4) is 0 Å². The molecule has 2 atom stereocenters. The molecule has 2 heterocycles. The summed E-state index contributed by atoms with van der Waals surface area (Å²) in [5.41, 5.74) is 1.00. The van der Waals surface area contributed by atoms with E-state index in [0.29, 0.717) is 20.4 Å². The Morgan fingerprint density at radius 3 is 2.71 bits per heavy atom. The minimum absolute atomic E-state index is 0.0479. The van der Waals surface area contributed by atoms with Gasteiger partial charge in [0.25, 0.3) is 0 Å². The van der Waals surface area contributed by atoms with Gasteiger partial charge in [-0.05, 0) is 35.9 Å². The van der Waals surface area contributed by atoms with E-state index in [2.05, 4.69) is 20.9 Å². The van der Waals surface area contributed by atoms with Gasteiger partial charge in [-0.3, -0.25) is 4.99 Å². The molecule has 0 radical (unpaired) electrons. The van der Waals surface area contributed by atoms with E-state index in [1.54, 1.807) is 23.1 Å². The molecule has 4 nitrogen and oxygen atoms in total. The Balaban J connectivity index is 1.65. The van der Waals surface area contributed by atoms with Gasteiger partial charge in [0.05, 0.1) is 29.3 Å². The van der Waals surface area contributed by atoms with Gasteiger partial charge in [-0.2, -0.15) is 0 Å². The fourth-order valence-corrected chi connectivity index (χ4v) is 6.98. The summed E-state index contributed by atoms with van der Waals surface area (Å²) in [5, 5.41) is 0.835. The smallest absolute Gasteiger partial charge is 0.164 e. The van der Waals surface area contributed by atoms with Crippen molar-refractivity contribution in [1.82, 2.24) is 0 Å². The van der Waals surface area contributed by atoms with Crippen LogP contribution in [0.2, 0.25) is 5.02 Å². The highest BCUT2D eigenvalue weighted by molar-refractivity contribution is 9.10. The quantitative estimate of drug-likeness (QED) is 0.607. The van der Waals surface area contributed by atoms with Gasteiger partial charge < -0.3 is 4.90 Å². The number of benzene rings is 2. The Hall–Kier alpha value is -1.16. The molecule has 0 spiro atoms. The zero-order valence-electron chi connectivity index (χ0n) is 14.3. The lowest BCUT2D eigenvalue weighted by molar-refractivity contribution is 0.600. The third kappa shape index (κ3) is 3.94. The summed E-state index contributed by atoms with van der Waals surface area (Å²) in [7, 11) is -3.22. The molecule has 0 saturated carbocycles.